The molecular weight excluding hydrogens is 268 g/mol. The van der Waals surface area contributed by atoms with E-state index < -0.39 is 6.04 Å². The van der Waals surface area contributed by atoms with Crippen LogP contribution in [0.4, 0.5) is 0 Å². The fraction of sp³-hybridized carbons (Fsp3) is 0.462. The summed E-state index contributed by atoms with van der Waals surface area (Å²) in [5.74, 6) is 0.0162. The van der Waals surface area contributed by atoms with E-state index in [4.69, 9.17) is 16.3 Å². The van der Waals surface area contributed by atoms with Gasteiger partial charge in [0.1, 0.15) is 5.75 Å². The number of rotatable bonds is 6. The van der Waals surface area contributed by atoms with E-state index in [2.05, 4.69) is 10.3 Å². The molecule has 0 aliphatic heterocycles. The maximum absolute atomic E-state index is 11.7. The Bertz CT molecular complexity index is 463. The van der Waals surface area contributed by atoms with Crippen LogP contribution in [0.2, 0.25) is 5.02 Å². The maximum Gasteiger partial charge on any atom is 0.258 e. The molecule has 0 aliphatic rings. The number of nitrogens with zero attached hydrogens (tertiary/aromatic N) is 1. The molecule has 1 rings (SSSR count). The molecule has 5 nitrogen and oxygen atoms in total. The molecule has 0 aliphatic carbocycles. The van der Waals surface area contributed by atoms with E-state index in [0.717, 1.165) is 0 Å². The van der Waals surface area contributed by atoms with Crippen molar-refractivity contribution in [3.8, 4) is 5.75 Å². The number of aromatic nitrogens is 1. The van der Waals surface area contributed by atoms with Crippen molar-refractivity contribution in [2.24, 2.45) is 5.92 Å². The van der Waals surface area contributed by atoms with E-state index in [0.29, 0.717) is 10.8 Å². The predicted molar refractivity (Wildman–Crippen MR) is 72.2 cm³/mol. The summed E-state index contributed by atoms with van der Waals surface area (Å²) < 4.78 is 5.24. The van der Waals surface area contributed by atoms with Crippen LogP contribution in [0.5, 0.6) is 5.75 Å². The highest BCUT2D eigenvalue weighted by Gasteiger charge is 2.20. The lowest BCUT2D eigenvalue weighted by atomic mass is 10.0. The normalized spacial score (nSPS) is 12.1. The number of halogens is 1. The first-order valence-electron chi connectivity index (χ1n) is 5.93. The third kappa shape index (κ3) is 5.26. The largest absolute Gasteiger partial charge is 0.482 e. The van der Waals surface area contributed by atoms with Gasteiger partial charge in [-0.2, -0.15) is 0 Å². The lowest BCUT2D eigenvalue weighted by molar-refractivity contribution is -0.129. The molecule has 0 aromatic carbocycles. The summed E-state index contributed by atoms with van der Waals surface area (Å²) in [6, 6.07) is 1.07. The van der Waals surface area contributed by atoms with Crippen molar-refractivity contribution in [3.05, 3.63) is 23.5 Å². The number of pyridine rings is 1. The predicted octanol–water partition coefficient (Wildman–Crippen LogP) is 1.84. The number of hydrogen-bond acceptors (Lipinski definition) is 4. The van der Waals surface area contributed by atoms with E-state index in [1.54, 1.807) is 6.07 Å². The lowest BCUT2D eigenvalue weighted by Crippen LogP contribution is -2.45. The van der Waals surface area contributed by atoms with Gasteiger partial charge < -0.3 is 10.1 Å². The molecule has 6 heteroatoms. The van der Waals surface area contributed by atoms with Crippen molar-refractivity contribution in [1.82, 2.24) is 10.3 Å². The van der Waals surface area contributed by atoms with Gasteiger partial charge in [-0.05, 0) is 12.8 Å². The Morgan fingerprint density at radius 3 is 2.63 bits per heavy atom. The molecule has 1 unspecified atom stereocenters. The molecule has 0 radical (unpaired) electrons. The van der Waals surface area contributed by atoms with Crippen LogP contribution in [-0.2, 0) is 9.59 Å². The van der Waals surface area contributed by atoms with Crippen molar-refractivity contribution < 1.29 is 14.3 Å². The third-order valence-electron chi connectivity index (χ3n) is 2.47. The second kappa shape index (κ2) is 7.09. The van der Waals surface area contributed by atoms with Gasteiger partial charge >= 0.3 is 0 Å². The number of ether oxygens (including phenoxy) is 1. The van der Waals surface area contributed by atoms with Gasteiger partial charge in [0.25, 0.3) is 5.91 Å². The fourth-order valence-electron chi connectivity index (χ4n) is 1.57. The first kappa shape index (κ1) is 15.4. The fourth-order valence-corrected chi connectivity index (χ4v) is 1.74. The summed E-state index contributed by atoms with van der Waals surface area (Å²) in [6.07, 6.45) is 2.93. The van der Waals surface area contributed by atoms with Gasteiger partial charge in [-0.15, -0.1) is 0 Å². The van der Waals surface area contributed by atoms with Crippen LogP contribution in [0.15, 0.2) is 18.5 Å². The van der Waals surface area contributed by atoms with Crippen LogP contribution in [0.25, 0.3) is 0 Å². The smallest absolute Gasteiger partial charge is 0.258 e. The average Bonchev–Trinajstić information content (AvgIpc) is 2.32. The molecule has 1 aromatic rings. The minimum atomic E-state index is -0.492. The molecule has 0 saturated heterocycles. The Labute approximate surface area is 117 Å². The zero-order chi connectivity index (χ0) is 14.4. The Hall–Kier alpha value is -1.62. The molecule has 1 N–H and O–H groups in total. The number of carbonyl (C=O) groups excluding carboxylic acids is 2. The highest BCUT2D eigenvalue weighted by atomic mass is 35.5. The zero-order valence-corrected chi connectivity index (χ0v) is 11.9. The van der Waals surface area contributed by atoms with Crippen LogP contribution < -0.4 is 10.1 Å². The summed E-state index contributed by atoms with van der Waals surface area (Å²) in [7, 11) is 0. The van der Waals surface area contributed by atoms with Gasteiger partial charge in [-0.25, -0.2) is 0 Å². The molecule has 1 amide bonds. The minimum Gasteiger partial charge on any atom is -0.482 e. The summed E-state index contributed by atoms with van der Waals surface area (Å²) in [5, 5.41) is 3.07. The van der Waals surface area contributed by atoms with Crippen molar-refractivity contribution in [2.45, 2.75) is 26.8 Å². The molecule has 0 spiro atoms. The van der Waals surface area contributed by atoms with Crippen molar-refractivity contribution in [1.29, 1.82) is 0 Å². The Morgan fingerprint density at radius 1 is 1.42 bits per heavy atom. The topological polar surface area (TPSA) is 68.3 Å². The van der Waals surface area contributed by atoms with E-state index in [9.17, 15) is 9.59 Å². The minimum absolute atomic E-state index is 0.0364. The maximum atomic E-state index is 11.7. The Morgan fingerprint density at radius 2 is 2.11 bits per heavy atom. The molecule has 0 saturated carbocycles. The van der Waals surface area contributed by atoms with Crippen LogP contribution in [-0.4, -0.2) is 29.3 Å². The second-order valence-electron chi connectivity index (χ2n) is 4.53. The van der Waals surface area contributed by atoms with Crippen molar-refractivity contribution in [2.75, 3.05) is 6.61 Å². The molecular formula is C13H17ClN2O3. The van der Waals surface area contributed by atoms with Crippen LogP contribution in [0.3, 0.4) is 0 Å². The molecule has 1 aromatic heterocycles. The molecule has 0 bridgehead atoms. The number of hydrogen-bond donors (Lipinski definition) is 1. The second-order valence-corrected chi connectivity index (χ2v) is 4.96. The summed E-state index contributed by atoms with van der Waals surface area (Å²) in [6.45, 7) is 5.01. The zero-order valence-electron chi connectivity index (χ0n) is 11.1. The highest BCUT2D eigenvalue weighted by Crippen LogP contribution is 2.14. The van der Waals surface area contributed by atoms with Gasteiger partial charge in [0.05, 0.1) is 17.3 Å². The van der Waals surface area contributed by atoms with Gasteiger partial charge in [0, 0.05) is 12.3 Å². The number of amides is 1. The van der Waals surface area contributed by atoms with Crippen molar-refractivity contribution >= 4 is 23.3 Å². The molecule has 1 heterocycles. The van der Waals surface area contributed by atoms with Gasteiger partial charge in [-0.1, -0.05) is 25.4 Å². The summed E-state index contributed by atoms with van der Waals surface area (Å²) >= 11 is 5.74. The number of ketones is 1. The van der Waals surface area contributed by atoms with Crippen molar-refractivity contribution in [3.63, 3.8) is 0 Å². The summed E-state index contributed by atoms with van der Waals surface area (Å²) in [5.41, 5.74) is 0. The van der Waals surface area contributed by atoms with Crippen LogP contribution in [0, 0.1) is 5.92 Å². The first-order valence-corrected chi connectivity index (χ1v) is 6.31. The summed E-state index contributed by atoms with van der Waals surface area (Å²) in [4.78, 5) is 26.9. The molecule has 0 fully saturated rings. The van der Waals surface area contributed by atoms with E-state index in [-0.39, 0.29) is 24.2 Å². The van der Waals surface area contributed by atoms with Gasteiger partial charge in [0.15, 0.2) is 12.4 Å². The number of Topliss-reactive ketones (excluding diaryl/α,β-unsaturated/α-hetero) is 1. The number of carbonyl (C=O) groups is 2. The van der Waals surface area contributed by atoms with Crippen LogP contribution in [0.1, 0.15) is 20.8 Å². The first-order chi connectivity index (χ1) is 8.90. The third-order valence-corrected chi connectivity index (χ3v) is 2.68. The number of nitrogens with one attached hydrogen (secondary N) is 1. The van der Waals surface area contributed by atoms with E-state index in [1.807, 2.05) is 13.8 Å². The standard InChI is InChI=1S/C13H17ClN2O3/c1-8(2)13(9(3)17)16-12(18)7-19-11-4-10(14)5-15-6-11/h4-6,8,13H,7H2,1-3H3,(H,16,18). The van der Waals surface area contributed by atoms with Crippen LogP contribution >= 0.6 is 11.6 Å². The Kier molecular flexibility index (Phi) is 5.76. The highest BCUT2D eigenvalue weighted by molar-refractivity contribution is 6.30. The average molecular weight is 285 g/mol. The Balaban J connectivity index is 2.49. The molecule has 1 atom stereocenters. The van der Waals surface area contributed by atoms with E-state index in [1.165, 1.54) is 19.3 Å². The molecule has 19 heavy (non-hydrogen) atoms. The van der Waals surface area contributed by atoms with E-state index >= 15 is 0 Å². The van der Waals surface area contributed by atoms with Gasteiger partial charge in [-0.3, -0.25) is 14.6 Å². The quantitative estimate of drug-likeness (QED) is 0.865. The SMILES string of the molecule is CC(=O)C(NC(=O)COc1cncc(Cl)c1)C(C)C. The van der Waals surface area contributed by atoms with Gasteiger partial charge in [0.2, 0.25) is 0 Å². The molecule has 104 valence electrons. The monoisotopic (exact) mass is 284 g/mol. The lowest BCUT2D eigenvalue weighted by Gasteiger charge is -2.19.